The van der Waals surface area contributed by atoms with Crippen LogP contribution >= 0.6 is 11.6 Å². The Balaban J connectivity index is 1.56. The van der Waals surface area contributed by atoms with Gasteiger partial charge in [-0.05, 0) is 41.0 Å². The highest BCUT2D eigenvalue weighted by atomic mass is 35.5. The summed E-state index contributed by atoms with van der Waals surface area (Å²) in [4.78, 5) is 12.7. The van der Waals surface area contributed by atoms with Crippen LogP contribution in [-0.2, 0) is 17.9 Å². The highest BCUT2D eigenvalue weighted by Crippen LogP contribution is 2.25. The number of alkyl carbamates (subject to hydrolysis) is 1. The summed E-state index contributed by atoms with van der Waals surface area (Å²) >= 11 is 6.09. The molecule has 0 spiro atoms. The minimum atomic E-state index is -0.476. The van der Waals surface area contributed by atoms with Crippen LogP contribution in [0.15, 0.2) is 103 Å². The van der Waals surface area contributed by atoms with E-state index in [1.54, 1.807) is 0 Å². The maximum absolute atomic E-state index is 12.7. The molecule has 5 heteroatoms. The molecule has 4 nitrogen and oxygen atoms in total. The maximum Gasteiger partial charge on any atom is 0.408 e. The van der Waals surface area contributed by atoms with Crippen LogP contribution in [0.3, 0.4) is 0 Å². The number of amides is 1. The molecule has 0 aliphatic heterocycles. The van der Waals surface area contributed by atoms with Gasteiger partial charge in [0.25, 0.3) is 0 Å². The molecule has 1 atom stereocenters. The van der Waals surface area contributed by atoms with E-state index in [9.17, 15) is 4.79 Å². The van der Waals surface area contributed by atoms with Crippen LogP contribution in [0, 0.1) is 0 Å². The topological polar surface area (TPSA) is 43.3 Å². The molecule has 1 aromatic heterocycles. The van der Waals surface area contributed by atoms with Crippen molar-refractivity contribution in [3.8, 4) is 0 Å². The lowest BCUT2D eigenvalue weighted by Gasteiger charge is -2.22. The van der Waals surface area contributed by atoms with Gasteiger partial charge in [0.1, 0.15) is 6.61 Å². The Morgan fingerprint density at radius 1 is 0.839 bits per heavy atom. The second kappa shape index (κ2) is 10.0. The Hall–Kier alpha value is -3.50. The van der Waals surface area contributed by atoms with Gasteiger partial charge in [-0.2, -0.15) is 0 Å². The van der Waals surface area contributed by atoms with Crippen LogP contribution in [0.1, 0.15) is 28.4 Å². The van der Waals surface area contributed by atoms with Crippen LogP contribution < -0.4 is 5.32 Å². The second-order valence-electron chi connectivity index (χ2n) is 7.24. The summed E-state index contributed by atoms with van der Waals surface area (Å²) in [5, 5.41) is 3.67. The summed E-state index contributed by atoms with van der Waals surface area (Å²) < 4.78 is 7.61. The number of carbonyl (C=O) groups is 1. The number of benzene rings is 3. The van der Waals surface area contributed by atoms with Crippen molar-refractivity contribution in [2.24, 2.45) is 0 Å². The van der Waals surface area contributed by atoms with Crippen LogP contribution in [0.2, 0.25) is 5.02 Å². The van der Waals surface area contributed by atoms with Gasteiger partial charge in [-0.25, -0.2) is 4.79 Å². The predicted octanol–water partition coefficient (Wildman–Crippen LogP) is 6.21. The third-order valence-electron chi connectivity index (χ3n) is 5.03. The highest BCUT2D eigenvalue weighted by Gasteiger charge is 2.21. The molecule has 0 aliphatic rings. The summed E-state index contributed by atoms with van der Waals surface area (Å²) in [7, 11) is 0. The number of halogens is 1. The molecule has 0 saturated heterocycles. The van der Waals surface area contributed by atoms with E-state index >= 15 is 0 Å². The third kappa shape index (κ3) is 5.56. The Labute approximate surface area is 187 Å². The lowest BCUT2D eigenvalue weighted by atomic mass is 10.0. The molecule has 0 unspecified atom stereocenters. The van der Waals surface area contributed by atoms with E-state index in [1.165, 1.54) is 5.56 Å². The zero-order valence-electron chi connectivity index (χ0n) is 16.9. The largest absolute Gasteiger partial charge is 0.445 e. The molecule has 0 radical (unpaired) electrons. The van der Waals surface area contributed by atoms with Crippen LogP contribution in [0.5, 0.6) is 0 Å². The van der Waals surface area contributed by atoms with Crippen molar-refractivity contribution in [2.75, 3.05) is 0 Å². The number of hydrogen-bond acceptors (Lipinski definition) is 2. The number of nitrogens with one attached hydrogen (secondary N) is 1. The molecule has 3 aromatic carbocycles. The first-order valence-corrected chi connectivity index (χ1v) is 10.5. The fourth-order valence-corrected chi connectivity index (χ4v) is 3.61. The SMILES string of the molecule is O=C(N[C@@H](c1ccc(Cl)cc1)c1cccn1Cc1ccccc1)OCc1ccccc1. The van der Waals surface area contributed by atoms with Crippen molar-refractivity contribution in [1.29, 1.82) is 0 Å². The lowest BCUT2D eigenvalue weighted by Crippen LogP contribution is -2.31. The number of rotatable bonds is 7. The van der Waals surface area contributed by atoms with Gasteiger partial charge >= 0.3 is 6.09 Å². The minimum Gasteiger partial charge on any atom is -0.445 e. The Kier molecular flexibility index (Phi) is 6.70. The van der Waals surface area contributed by atoms with Crippen molar-refractivity contribution in [3.63, 3.8) is 0 Å². The standard InChI is InChI=1S/C26H23ClN2O2/c27-23-15-13-22(14-16-23)25(28-26(30)31-19-21-10-5-2-6-11-21)24-12-7-17-29(24)18-20-8-3-1-4-9-20/h1-17,25H,18-19H2,(H,28,30)/t25-/m0/s1. The minimum absolute atomic E-state index is 0.213. The number of ether oxygens (including phenoxy) is 1. The fraction of sp³-hybridized carbons (Fsp3) is 0.115. The number of hydrogen-bond donors (Lipinski definition) is 1. The van der Waals surface area contributed by atoms with E-state index in [0.29, 0.717) is 11.6 Å². The smallest absolute Gasteiger partial charge is 0.408 e. The Morgan fingerprint density at radius 3 is 2.16 bits per heavy atom. The summed E-state index contributed by atoms with van der Waals surface area (Å²) in [5.41, 5.74) is 4.01. The van der Waals surface area contributed by atoms with E-state index in [0.717, 1.165) is 16.8 Å². The average Bonchev–Trinajstić information content (AvgIpc) is 3.26. The number of nitrogens with zero attached hydrogens (tertiary/aromatic N) is 1. The predicted molar refractivity (Wildman–Crippen MR) is 123 cm³/mol. The molecule has 0 saturated carbocycles. The zero-order chi connectivity index (χ0) is 21.5. The molecule has 1 amide bonds. The van der Waals surface area contributed by atoms with Gasteiger partial charge < -0.3 is 14.6 Å². The average molecular weight is 431 g/mol. The van der Waals surface area contributed by atoms with E-state index in [-0.39, 0.29) is 12.6 Å². The van der Waals surface area contributed by atoms with Gasteiger partial charge in [0, 0.05) is 23.5 Å². The summed E-state index contributed by atoms with van der Waals surface area (Å²) in [5.74, 6) is 0. The molecule has 0 aliphatic carbocycles. The molecule has 31 heavy (non-hydrogen) atoms. The monoisotopic (exact) mass is 430 g/mol. The maximum atomic E-state index is 12.7. The van der Waals surface area contributed by atoms with Gasteiger partial charge in [-0.15, -0.1) is 0 Å². The van der Waals surface area contributed by atoms with Gasteiger partial charge in [-0.1, -0.05) is 84.4 Å². The third-order valence-corrected chi connectivity index (χ3v) is 5.29. The van der Waals surface area contributed by atoms with E-state index in [1.807, 2.05) is 91.1 Å². The summed E-state index contributed by atoms with van der Waals surface area (Å²) in [6, 6.07) is 31.0. The first-order valence-electron chi connectivity index (χ1n) is 10.1. The molecule has 156 valence electrons. The van der Waals surface area contributed by atoms with Gasteiger partial charge in [-0.3, -0.25) is 0 Å². The van der Waals surface area contributed by atoms with Crippen LogP contribution in [0.25, 0.3) is 0 Å². The summed E-state index contributed by atoms with van der Waals surface area (Å²) in [6.45, 7) is 0.916. The second-order valence-corrected chi connectivity index (χ2v) is 7.67. The first-order chi connectivity index (χ1) is 15.2. The van der Waals surface area contributed by atoms with E-state index in [2.05, 4.69) is 22.0 Å². The Morgan fingerprint density at radius 2 is 1.48 bits per heavy atom. The number of aromatic nitrogens is 1. The molecule has 4 aromatic rings. The fourth-order valence-electron chi connectivity index (χ4n) is 3.48. The molecule has 0 fully saturated rings. The van der Waals surface area contributed by atoms with Crippen LogP contribution in [0.4, 0.5) is 4.79 Å². The van der Waals surface area contributed by atoms with E-state index in [4.69, 9.17) is 16.3 Å². The van der Waals surface area contributed by atoms with Crippen molar-refractivity contribution < 1.29 is 9.53 Å². The first kappa shape index (κ1) is 20.8. The van der Waals surface area contributed by atoms with Gasteiger partial charge in [0.2, 0.25) is 0 Å². The van der Waals surface area contributed by atoms with Gasteiger partial charge in [0.15, 0.2) is 0 Å². The molecule has 4 rings (SSSR count). The van der Waals surface area contributed by atoms with Gasteiger partial charge in [0.05, 0.1) is 6.04 Å². The molecular formula is C26H23ClN2O2. The van der Waals surface area contributed by atoms with Crippen molar-refractivity contribution in [1.82, 2.24) is 9.88 Å². The molecular weight excluding hydrogens is 408 g/mol. The van der Waals surface area contributed by atoms with Crippen molar-refractivity contribution in [3.05, 3.63) is 131 Å². The molecule has 1 N–H and O–H groups in total. The van der Waals surface area contributed by atoms with Crippen LogP contribution in [-0.4, -0.2) is 10.7 Å². The normalized spacial score (nSPS) is 11.6. The molecule has 0 bridgehead atoms. The van der Waals surface area contributed by atoms with Crippen molar-refractivity contribution >= 4 is 17.7 Å². The lowest BCUT2D eigenvalue weighted by molar-refractivity contribution is 0.137. The summed E-state index contributed by atoms with van der Waals surface area (Å²) in [6.07, 6.45) is 1.54. The quantitative estimate of drug-likeness (QED) is 0.379. The van der Waals surface area contributed by atoms with E-state index < -0.39 is 6.09 Å². The highest BCUT2D eigenvalue weighted by molar-refractivity contribution is 6.30. The molecule has 1 heterocycles. The zero-order valence-corrected chi connectivity index (χ0v) is 17.7. The number of carbonyl (C=O) groups excluding carboxylic acids is 1. The van der Waals surface area contributed by atoms with Crippen molar-refractivity contribution in [2.45, 2.75) is 19.2 Å². The Bertz CT molecular complexity index is 1110.